The molecular formula is C28H51F2N. The number of benzene rings is 1. The Bertz CT molecular complexity index is 713. The van der Waals surface area contributed by atoms with Gasteiger partial charge in [0.25, 0.3) is 0 Å². The van der Waals surface area contributed by atoms with Gasteiger partial charge in [0.2, 0.25) is 0 Å². The standard InChI is InChI=1S/C11H14F2.C11H17N.2C2H6.2CH4/c1-7-9(12)5-8(6-10(7)13)11(2,3)4;1-8-6-10(11(3,4)5)12-7-9(8)2;2*1-2;;/h5-6H,1-4H3;6-7H,1-5H3;2*1-2H3;2*1H4. The lowest BCUT2D eigenvalue weighted by Gasteiger charge is -2.19. The zero-order valence-electron chi connectivity index (χ0n) is 21.0. The summed E-state index contributed by atoms with van der Waals surface area (Å²) in [5, 5.41) is 0. The third-order valence-electron chi connectivity index (χ3n) is 4.29. The Morgan fingerprint density at radius 3 is 1.32 bits per heavy atom. The Balaban J connectivity index is -0.000000192. The van der Waals surface area contributed by atoms with Crippen molar-refractivity contribution in [2.75, 3.05) is 0 Å². The van der Waals surface area contributed by atoms with Crippen LogP contribution in [-0.2, 0) is 10.8 Å². The second kappa shape index (κ2) is 15.9. The lowest BCUT2D eigenvalue weighted by atomic mass is 9.86. The molecular weight excluding hydrogens is 388 g/mol. The molecule has 1 heterocycles. The van der Waals surface area contributed by atoms with Crippen LogP contribution in [0.3, 0.4) is 0 Å². The minimum absolute atomic E-state index is 0. The number of nitrogens with zero attached hydrogens (tertiary/aromatic N) is 1. The molecule has 1 nitrogen and oxygen atoms in total. The monoisotopic (exact) mass is 439 g/mol. The molecule has 0 atom stereocenters. The van der Waals surface area contributed by atoms with E-state index in [0.717, 1.165) is 0 Å². The van der Waals surface area contributed by atoms with Gasteiger partial charge >= 0.3 is 0 Å². The maximum absolute atomic E-state index is 13.1. The summed E-state index contributed by atoms with van der Waals surface area (Å²) in [6.07, 6.45) is 1.95. The Morgan fingerprint density at radius 1 is 0.645 bits per heavy atom. The van der Waals surface area contributed by atoms with Crippen LogP contribution in [0, 0.1) is 32.4 Å². The van der Waals surface area contributed by atoms with Crippen LogP contribution in [-0.4, -0.2) is 4.98 Å². The van der Waals surface area contributed by atoms with Crippen LogP contribution in [0.1, 0.15) is 112 Å². The molecule has 0 saturated carbocycles. The zero-order chi connectivity index (χ0) is 23.6. The molecule has 182 valence electrons. The lowest BCUT2D eigenvalue weighted by Crippen LogP contribution is -2.13. The van der Waals surface area contributed by atoms with Crippen molar-refractivity contribution in [3.05, 3.63) is 64.0 Å². The molecule has 2 aromatic rings. The van der Waals surface area contributed by atoms with Crippen LogP contribution < -0.4 is 0 Å². The fourth-order valence-corrected chi connectivity index (χ4v) is 2.11. The third-order valence-corrected chi connectivity index (χ3v) is 4.29. The summed E-state index contributed by atoms with van der Waals surface area (Å²) in [7, 11) is 0. The highest BCUT2D eigenvalue weighted by atomic mass is 19.1. The summed E-state index contributed by atoms with van der Waals surface area (Å²) in [4.78, 5) is 4.41. The van der Waals surface area contributed by atoms with E-state index in [1.807, 2.05) is 54.7 Å². The van der Waals surface area contributed by atoms with Gasteiger partial charge in [-0.25, -0.2) is 8.78 Å². The van der Waals surface area contributed by atoms with E-state index in [-0.39, 0.29) is 31.2 Å². The van der Waals surface area contributed by atoms with Crippen LogP contribution in [0.4, 0.5) is 8.78 Å². The first-order chi connectivity index (χ1) is 13.2. The van der Waals surface area contributed by atoms with Gasteiger partial charge in [0.05, 0.1) is 0 Å². The Labute approximate surface area is 193 Å². The quantitative estimate of drug-likeness (QED) is 0.398. The first kappa shape index (κ1) is 36.6. The number of hydrogen-bond acceptors (Lipinski definition) is 1. The number of aryl methyl sites for hydroxylation is 2. The van der Waals surface area contributed by atoms with Gasteiger partial charge < -0.3 is 0 Å². The van der Waals surface area contributed by atoms with Crippen LogP contribution >= 0.6 is 0 Å². The minimum Gasteiger partial charge on any atom is -0.260 e. The van der Waals surface area contributed by atoms with Crippen molar-refractivity contribution in [1.82, 2.24) is 4.98 Å². The molecule has 0 aliphatic carbocycles. The van der Waals surface area contributed by atoms with Gasteiger partial charge in [0.1, 0.15) is 11.6 Å². The first-order valence-electron chi connectivity index (χ1n) is 10.6. The molecule has 0 aliphatic rings. The van der Waals surface area contributed by atoms with Gasteiger partial charge in [-0.15, -0.1) is 0 Å². The topological polar surface area (TPSA) is 12.9 Å². The van der Waals surface area contributed by atoms with E-state index in [9.17, 15) is 8.78 Å². The highest BCUT2D eigenvalue weighted by Gasteiger charge is 2.17. The van der Waals surface area contributed by atoms with Crippen molar-refractivity contribution < 1.29 is 8.78 Å². The number of rotatable bonds is 0. The average molecular weight is 440 g/mol. The highest BCUT2D eigenvalue weighted by molar-refractivity contribution is 5.29. The number of halogens is 2. The molecule has 1 aromatic carbocycles. The molecule has 0 saturated heterocycles. The second-order valence-corrected chi connectivity index (χ2v) is 8.72. The summed E-state index contributed by atoms with van der Waals surface area (Å²) in [6, 6.07) is 4.98. The van der Waals surface area contributed by atoms with E-state index >= 15 is 0 Å². The molecule has 0 fully saturated rings. The van der Waals surface area contributed by atoms with Crippen molar-refractivity contribution in [2.24, 2.45) is 0 Å². The summed E-state index contributed by atoms with van der Waals surface area (Å²) < 4.78 is 26.3. The Kier molecular flexibility index (Phi) is 18.8. The molecule has 1 aromatic heterocycles. The fraction of sp³-hybridized carbons (Fsp3) is 0.607. The maximum atomic E-state index is 13.1. The van der Waals surface area contributed by atoms with E-state index in [1.165, 1.54) is 35.9 Å². The van der Waals surface area contributed by atoms with E-state index in [1.54, 1.807) is 0 Å². The Hall–Kier alpha value is -1.77. The van der Waals surface area contributed by atoms with Gasteiger partial charge in [-0.05, 0) is 61.1 Å². The third kappa shape index (κ3) is 12.6. The maximum Gasteiger partial charge on any atom is 0.129 e. The normalized spacial score (nSPS) is 9.90. The lowest BCUT2D eigenvalue weighted by molar-refractivity contribution is 0.536. The van der Waals surface area contributed by atoms with Crippen LogP contribution in [0.15, 0.2) is 24.4 Å². The molecule has 0 spiro atoms. The summed E-state index contributed by atoms with van der Waals surface area (Å²) >= 11 is 0. The van der Waals surface area contributed by atoms with E-state index < -0.39 is 11.6 Å². The molecule has 0 aliphatic heterocycles. The van der Waals surface area contributed by atoms with Gasteiger partial charge in [-0.1, -0.05) is 84.1 Å². The zero-order valence-corrected chi connectivity index (χ0v) is 21.0. The van der Waals surface area contributed by atoms with Gasteiger partial charge in [0, 0.05) is 22.9 Å². The highest BCUT2D eigenvalue weighted by Crippen LogP contribution is 2.25. The summed E-state index contributed by atoms with van der Waals surface area (Å²) in [6.45, 7) is 26.0. The smallest absolute Gasteiger partial charge is 0.129 e. The van der Waals surface area contributed by atoms with Gasteiger partial charge in [-0.2, -0.15) is 0 Å². The second-order valence-electron chi connectivity index (χ2n) is 8.72. The molecule has 3 heteroatoms. The van der Waals surface area contributed by atoms with Crippen molar-refractivity contribution in [3.8, 4) is 0 Å². The number of hydrogen-bond donors (Lipinski definition) is 0. The first-order valence-corrected chi connectivity index (χ1v) is 10.6. The Morgan fingerprint density at radius 2 is 1.03 bits per heavy atom. The van der Waals surface area contributed by atoms with Crippen LogP contribution in [0.2, 0.25) is 0 Å². The molecule has 0 unspecified atom stereocenters. The summed E-state index contributed by atoms with van der Waals surface area (Å²) in [5.74, 6) is -0.935. The molecule has 0 N–H and O–H groups in total. The predicted octanol–water partition coefficient (Wildman–Crippen LogP) is 9.89. The van der Waals surface area contributed by atoms with Crippen molar-refractivity contribution >= 4 is 0 Å². The predicted molar refractivity (Wildman–Crippen MR) is 138 cm³/mol. The number of aromatic nitrogens is 1. The molecule has 31 heavy (non-hydrogen) atoms. The molecule has 0 bridgehead atoms. The number of pyridine rings is 1. The fourth-order valence-electron chi connectivity index (χ4n) is 2.11. The van der Waals surface area contributed by atoms with E-state index in [2.05, 4.69) is 45.7 Å². The van der Waals surface area contributed by atoms with Crippen molar-refractivity contribution in [2.45, 2.75) is 116 Å². The van der Waals surface area contributed by atoms with Gasteiger partial charge in [0.15, 0.2) is 0 Å². The van der Waals surface area contributed by atoms with Crippen molar-refractivity contribution in [1.29, 1.82) is 0 Å². The largest absolute Gasteiger partial charge is 0.260 e. The van der Waals surface area contributed by atoms with Crippen LogP contribution in [0.25, 0.3) is 0 Å². The molecule has 0 amide bonds. The van der Waals surface area contributed by atoms with Crippen molar-refractivity contribution in [3.63, 3.8) is 0 Å². The van der Waals surface area contributed by atoms with Gasteiger partial charge in [-0.3, -0.25) is 4.98 Å². The minimum atomic E-state index is -0.468. The van der Waals surface area contributed by atoms with E-state index in [0.29, 0.717) is 5.56 Å². The average Bonchev–Trinajstić information content (AvgIpc) is 2.64. The summed E-state index contributed by atoms with van der Waals surface area (Å²) in [5.41, 5.74) is 4.50. The van der Waals surface area contributed by atoms with E-state index in [4.69, 9.17) is 0 Å². The van der Waals surface area contributed by atoms with Crippen LogP contribution in [0.5, 0.6) is 0 Å². The SMILES string of the molecule is C.C.CC.CC.Cc1c(F)cc(C(C)(C)C)cc1F.Cc1cnc(C(C)(C)C)cc1C. The molecule has 2 rings (SSSR count). The molecule has 0 radical (unpaired) electrons.